The maximum atomic E-state index is 12.4. The van der Waals surface area contributed by atoms with Crippen molar-refractivity contribution < 1.29 is 4.74 Å². The fraction of sp³-hybridized carbons (Fsp3) is 0.500. The molecule has 9 heteroatoms. The zero-order valence-corrected chi connectivity index (χ0v) is 17.3. The minimum atomic E-state index is -0.187. The van der Waals surface area contributed by atoms with E-state index in [9.17, 15) is 4.79 Å². The number of hydrogen-bond donors (Lipinski definition) is 1. The van der Waals surface area contributed by atoms with Gasteiger partial charge in [0.15, 0.2) is 0 Å². The van der Waals surface area contributed by atoms with Crippen molar-refractivity contribution in [2.24, 2.45) is 27.1 Å². The van der Waals surface area contributed by atoms with Gasteiger partial charge in [-0.2, -0.15) is 10.2 Å². The average Bonchev–Trinajstić information content (AvgIpc) is 3.20. The van der Waals surface area contributed by atoms with Crippen LogP contribution < -0.4 is 15.6 Å². The van der Waals surface area contributed by atoms with Gasteiger partial charge < -0.3 is 10.1 Å². The van der Waals surface area contributed by atoms with Crippen molar-refractivity contribution in [3.8, 4) is 5.88 Å². The molecule has 3 heterocycles. The Morgan fingerprint density at radius 3 is 2.69 bits per heavy atom. The molecule has 0 amide bonds. The molecule has 1 N–H and O–H groups in total. The first-order valence-corrected chi connectivity index (χ1v) is 9.91. The van der Waals surface area contributed by atoms with Crippen LogP contribution >= 0.6 is 0 Å². The molecule has 4 rings (SSSR count). The second-order valence-electron chi connectivity index (χ2n) is 7.61. The third kappa shape index (κ3) is 4.18. The van der Waals surface area contributed by atoms with Crippen LogP contribution in [0.4, 0.5) is 5.69 Å². The number of hydrogen-bond acceptors (Lipinski definition) is 6. The monoisotopic (exact) mass is 397 g/mol. The van der Waals surface area contributed by atoms with Gasteiger partial charge in [-0.1, -0.05) is 6.92 Å². The van der Waals surface area contributed by atoms with Gasteiger partial charge in [0, 0.05) is 45.2 Å². The van der Waals surface area contributed by atoms with E-state index in [4.69, 9.17) is 4.74 Å². The predicted molar refractivity (Wildman–Crippen MR) is 109 cm³/mol. The minimum Gasteiger partial charge on any atom is -0.476 e. The molecule has 1 fully saturated rings. The van der Waals surface area contributed by atoms with Gasteiger partial charge in [0.1, 0.15) is 5.69 Å². The molecule has 0 saturated heterocycles. The summed E-state index contributed by atoms with van der Waals surface area (Å²) in [6.07, 6.45) is 3.90. The van der Waals surface area contributed by atoms with E-state index in [0.717, 1.165) is 29.9 Å². The summed E-state index contributed by atoms with van der Waals surface area (Å²) in [5, 5.41) is 16.3. The largest absolute Gasteiger partial charge is 0.476 e. The topological polar surface area (TPSA) is 91.8 Å². The van der Waals surface area contributed by atoms with E-state index in [1.54, 1.807) is 13.1 Å². The van der Waals surface area contributed by atoms with Crippen molar-refractivity contribution in [2.45, 2.75) is 32.2 Å². The Bertz CT molecular complexity index is 1070. The molecule has 1 aliphatic rings. The number of nitrogens with zero attached hydrogens (tertiary/aromatic N) is 6. The molecule has 1 saturated carbocycles. The summed E-state index contributed by atoms with van der Waals surface area (Å²) in [4.78, 5) is 12.4. The van der Waals surface area contributed by atoms with Crippen LogP contribution in [-0.2, 0) is 34.1 Å². The maximum absolute atomic E-state index is 12.4. The summed E-state index contributed by atoms with van der Waals surface area (Å²) in [6.45, 7) is 3.14. The van der Waals surface area contributed by atoms with Crippen molar-refractivity contribution >= 4 is 5.69 Å². The van der Waals surface area contributed by atoms with Crippen LogP contribution in [0, 0.1) is 5.92 Å². The minimum absolute atomic E-state index is 0.187. The first-order chi connectivity index (χ1) is 13.9. The molecule has 2 atom stereocenters. The fourth-order valence-electron chi connectivity index (χ4n) is 3.49. The van der Waals surface area contributed by atoms with Crippen LogP contribution in [0.2, 0.25) is 0 Å². The van der Waals surface area contributed by atoms with Gasteiger partial charge in [0.2, 0.25) is 5.88 Å². The van der Waals surface area contributed by atoms with E-state index in [-0.39, 0.29) is 5.56 Å². The van der Waals surface area contributed by atoms with Crippen LogP contribution in [0.25, 0.3) is 0 Å². The van der Waals surface area contributed by atoms with Gasteiger partial charge in [0.25, 0.3) is 5.56 Å². The Hall–Kier alpha value is -3.10. The van der Waals surface area contributed by atoms with E-state index < -0.39 is 0 Å². The number of anilines is 1. The zero-order valence-electron chi connectivity index (χ0n) is 17.3. The quantitative estimate of drug-likeness (QED) is 0.621. The second-order valence-corrected chi connectivity index (χ2v) is 7.61. The third-order valence-corrected chi connectivity index (χ3v) is 5.37. The lowest BCUT2D eigenvalue weighted by Gasteiger charge is -2.10. The van der Waals surface area contributed by atoms with Crippen molar-refractivity contribution in [3.63, 3.8) is 0 Å². The third-order valence-electron chi connectivity index (χ3n) is 5.37. The second kappa shape index (κ2) is 7.73. The molecule has 0 aliphatic heterocycles. The molecule has 154 valence electrons. The van der Waals surface area contributed by atoms with Gasteiger partial charge in [0.05, 0.1) is 30.2 Å². The molecular weight excluding hydrogens is 370 g/mol. The molecule has 3 aromatic rings. The lowest BCUT2D eigenvalue weighted by molar-refractivity contribution is 0.278. The highest BCUT2D eigenvalue weighted by Gasteiger charge is 2.40. The van der Waals surface area contributed by atoms with Crippen molar-refractivity contribution in [3.05, 3.63) is 51.8 Å². The Labute approximate surface area is 169 Å². The fourth-order valence-corrected chi connectivity index (χ4v) is 3.49. The molecule has 9 nitrogen and oxygen atoms in total. The predicted octanol–water partition coefficient (Wildman–Crippen LogP) is 1.60. The SMILES string of the molecule is CCc1cc(CNc2cc(OC[C@H]3C[C@@H]3c3ccn(C)n3)nn(C)c2=O)n(C)n1. The summed E-state index contributed by atoms with van der Waals surface area (Å²) in [6, 6.07) is 5.78. The number of nitrogens with one attached hydrogen (secondary N) is 1. The summed E-state index contributed by atoms with van der Waals surface area (Å²) in [5.74, 6) is 1.32. The standard InChI is InChI=1S/C20H27N7O2/c1-5-14-9-15(26(3)22-14)11-21-18-10-19(24-27(4)20(18)28)29-12-13-8-16(13)17-6-7-25(2)23-17/h6-7,9-10,13,16,21H,5,8,11-12H2,1-4H3/t13-,16+/m1/s1. The summed E-state index contributed by atoms with van der Waals surface area (Å²) < 4.78 is 10.9. The van der Waals surface area contributed by atoms with E-state index in [0.29, 0.717) is 36.6 Å². The lowest BCUT2D eigenvalue weighted by Crippen LogP contribution is -2.24. The normalized spacial score (nSPS) is 18.1. The average molecular weight is 397 g/mol. The Balaban J connectivity index is 1.39. The summed E-state index contributed by atoms with van der Waals surface area (Å²) in [7, 11) is 5.46. The number of aryl methyl sites for hydroxylation is 4. The molecule has 0 radical (unpaired) electrons. The number of ether oxygens (including phenoxy) is 1. The van der Waals surface area contributed by atoms with Gasteiger partial charge in [-0.3, -0.25) is 14.2 Å². The molecule has 0 unspecified atom stereocenters. The van der Waals surface area contributed by atoms with E-state index in [1.165, 1.54) is 4.68 Å². The number of aromatic nitrogens is 6. The first kappa shape index (κ1) is 19.2. The van der Waals surface area contributed by atoms with Crippen LogP contribution in [-0.4, -0.2) is 35.9 Å². The molecule has 0 bridgehead atoms. The highest BCUT2D eigenvalue weighted by atomic mass is 16.5. The summed E-state index contributed by atoms with van der Waals surface area (Å²) in [5.41, 5.74) is 3.43. The first-order valence-electron chi connectivity index (χ1n) is 9.91. The highest BCUT2D eigenvalue weighted by Crippen LogP contribution is 2.46. The number of rotatable bonds is 8. The summed E-state index contributed by atoms with van der Waals surface area (Å²) >= 11 is 0. The molecule has 3 aromatic heterocycles. The van der Waals surface area contributed by atoms with E-state index in [2.05, 4.69) is 33.6 Å². The molecular formula is C20H27N7O2. The van der Waals surface area contributed by atoms with Crippen LogP contribution in [0.3, 0.4) is 0 Å². The smallest absolute Gasteiger partial charge is 0.290 e. The molecule has 0 spiro atoms. The molecule has 29 heavy (non-hydrogen) atoms. The van der Waals surface area contributed by atoms with Gasteiger partial charge in [-0.15, -0.1) is 5.10 Å². The maximum Gasteiger partial charge on any atom is 0.290 e. The lowest BCUT2D eigenvalue weighted by atomic mass is 10.2. The molecule has 0 aromatic carbocycles. The zero-order chi connectivity index (χ0) is 20.5. The van der Waals surface area contributed by atoms with Crippen molar-refractivity contribution in [2.75, 3.05) is 11.9 Å². The molecule has 1 aliphatic carbocycles. The van der Waals surface area contributed by atoms with Crippen LogP contribution in [0.5, 0.6) is 5.88 Å². The Morgan fingerprint density at radius 2 is 2.00 bits per heavy atom. The van der Waals surface area contributed by atoms with Crippen LogP contribution in [0.15, 0.2) is 29.2 Å². The van der Waals surface area contributed by atoms with Gasteiger partial charge in [-0.25, -0.2) is 4.68 Å². The van der Waals surface area contributed by atoms with Crippen molar-refractivity contribution in [1.29, 1.82) is 0 Å². The highest BCUT2D eigenvalue weighted by molar-refractivity contribution is 5.43. The van der Waals surface area contributed by atoms with Crippen LogP contribution in [0.1, 0.15) is 36.3 Å². The Morgan fingerprint density at radius 1 is 1.17 bits per heavy atom. The van der Waals surface area contributed by atoms with E-state index >= 15 is 0 Å². The van der Waals surface area contributed by atoms with Crippen molar-refractivity contribution in [1.82, 2.24) is 29.3 Å². The van der Waals surface area contributed by atoms with Gasteiger partial charge >= 0.3 is 0 Å². The van der Waals surface area contributed by atoms with E-state index in [1.807, 2.05) is 35.7 Å². The van der Waals surface area contributed by atoms with Gasteiger partial charge in [-0.05, 0) is 25.0 Å². The Kier molecular flexibility index (Phi) is 5.12.